The van der Waals surface area contributed by atoms with Crippen molar-refractivity contribution in [1.29, 1.82) is 0 Å². The van der Waals surface area contributed by atoms with E-state index in [0.717, 1.165) is 5.69 Å². The van der Waals surface area contributed by atoms with Gasteiger partial charge in [0.15, 0.2) is 0 Å². The van der Waals surface area contributed by atoms with E-state index in [4.69, 9.17) is 0 Å². The minimum absolute atomic E-state index is 0.0989. The molecule has 0 aliphatic carbocycles. The molecule has 1 heterocycles. The zero-order chi connectivity index (χ0) is 16.0. The fourth-order valence-electron chi connectivity index (χ4n) is 1.98. The first kappa shape index (κ1) is 16.9. The monoisotopic (exact) mass is 293 g/mol. The number of nitrogens with zero attached hydrogens (tertiary/aromatic N) is 2. The summed E-state index contributed by atoms with van der Waals surface area (Å²) in [6, 6.07) is 1.78. The first-order valence-corrected chi connectivity index (χ1v) is 6.86. The van der Waals surface area contributed by atoms with Crippen molar-refractivity contribution in [2.75, 3.05) is 6.54 Å². The third-order valence-electron chi connectivity index (χ3n) is 3.00. The lowest BCUT2D eigenvalue weighted by Gasteiger charge is -2.23. The van der Waals surface area contributed by atoms with E-state index < -0.39 is 11.9 Å². The van der Waals surface area contributed by atoms with Crippen molar-refractivity contribution in [2.45, 2.75) is 27.2 Å². The van der Waals surface area contributed by atoms with Gasteiger partial charge in [0.1, 0.15) is 0 Å². The molecule has 1 aromatic heterocycles. The molecule has 2 N–H and O–H groups in total. The number of hydrogen-bond acceptors (Lipinski definition) is 3. The zero-order valence-corrected chi connectivity index (χ0v) is 13.0. The second-order valence-electron chi connectivity index (χ2n) is 6.26. The summed E-state index contributed by atoms with van der Waals surface area (Å²) >= 11 is 0. The predicted octanol–water partition coefficient (Wildman–Crippen LogP) is 1.69. The van der Waals surface area contributed by atoms with Gasteiger partial charge in [-0.05, 0) is 24.0 Å². The Morgan fingerprint density at radius 2 is 2.14 bits per heavy atom. The van der Waals surface area contributed by atoms with Crippen LogP contribution in [0, 0.1) is 11.3 Å². The summed E-state index contributed by atoms with van der Waals surface area (Å²) in [7, 11) is 1.78. The standard InChI is InChI=1S/C15H23N3O3/c1-15(2,3)9-11(14(20)21)10-16-13(19)6-5-12-7-8-17-18(12)4/h5-8,11H,9-10H2,1-4H3,(H,16,19)(H,20,21)/b6-5+. The van der Waals surface area contributed by atoms with Crippen LogP contribution in [0.2, 0.25) is 0 Å². The van der Waals surface area contributed by atoms with E-state index in [2.05, 4.69) is 10.4 Å². The van der Waals surface area contributed by atoms with Gasteiger partial charge in [-0.3, -0.25) is 14.3 Å². The Hall–Kier alpha value is -2.11. The molecule has 116 valence electrons. The average molecular weight is 293 g/mol. The fourth-order valence-corrected chi connectivity index (χ4v) is 1.98. The molecule has 1 unspecified atom stereocenters. The summed E-state index contributed by atoms with van der Waals surface area (Å²) in [5.41, 5.74) is 0.702. The lowest BCUT2D eigenvalue weighted by molar-refractivity contribution is -0.142. The summed E-state index contributed by atoms with van der Waals surface area (Å²) in [5, 5.41) is 15.8. The Kier molecular flexibility index (Phi) is 5.69. The maximum atomic E-state index is 11.7. The number of carboxylic acids is 1. The number of aromatic nitrogens is 2. The minimum atomic E-state index is -0.888. The largest absolute Gasteiger partial charge is 0.481 e. The van der Waals surface area contributed by atoms with Crippen molar-refractivity contribution in [3.05, 3.63) is 24.0 Å². The first-order valence-electron chi connectivity index (χ1n) is 6.86. The van der Waals surface area contributed by atoms with Gasteiger partial charge in [0.2, 0.25) is 5.91 Å². The Balaban J connectivity index is 2.52. The van der Waals surface area contributed by atoms with E-state index in [1.54, 1.807) is 30.1 Å². The number of rotatable bonds is 6. The van der Waals surface area contributed by atoms with Crippen LogP contribution in [-0.4, -0.2) is 33.3 Å². The molecule has 6 nitrogen and oxygen atoms in total. The molecule has 1 aromatic rings. The van der Waals surface area contributed by atoms with Crippen LogP contribution in [0.15, 0.2) is 18.3 Å². The van der Waals surface area contributed by atoms with Gasteiger partial charge in [-0.25, -0.2) is 0 Å². The normalized spacial score (nSPS) is 13.3. The highest BCUT2D eigenvalue weighted by molar-refractivity contribution is 5.91. The molecule has 0 radical (unpaired) electrons. The molecule has 1 amide bonds. The third-order valence-corrected chi connectivity index (χ3v) is 3.00. The highest BCUT2D eigenvalue weighted by Crippen LogP contribution is 2.24. The fraction of sp³-hybridized carbons (Fsp3) is 0.533. The van der Waals surface area contributed by atoms with Crippen molar-refractivity contribution in [3.63, 3.8) is 0 Å². The van der Waals surface area contributed by atoms with Gasteiger partial charge in [0.05, 0.1) is 11.6 Å². The molecule has 0 bridgehead atoms. The average Bonchev–Trinajstić information content (AvgIpc) is 2.76. The molecule has 0 saturated carbocycles. The molecule has 0 saturated heterocycles. The van der Waals surface area contributed by atoms with Crippen LogP contribution in [-0.2, 0) is 16.6 Å². The lowest BCUT2D eigenvalue weighted by Crippen LogP contribution is -2.34. The first-order chi connectivity index (χ1) is 9.69. The number of carboxylic acid groups (broad SMARTS) is 1. The van der Waals surface area contributed by atoms with E-state index in [1.807, 2.05) is 20.8 Å². The van der Waals surface area contributed by atoms with Gasteiger partial charge in [0, 0.05) is 25.9 Å². The van der Waals surface area contributed by atoms with E-state index in [-0.39, 0.29) is 17.9 Å². The van der Waals surface area contributed by atoms with Crippen molar-refractivity contribution in [2.24, 2.45) is 18.4 Å². The highest BCUT2D eigenvalue weighted by Gasteiger charge is 2.24. The van der Waals surface area contributed by atoms with Crippen LogP contribution in [0.3, 0.4) is 0 Å². The molecule has 0 spiro atoms. The van der Waals surface area contributed by atoms with E-state index in [9.17, 15) is 14.7 Å². The number of aryl methyl sites for hydroxylation is 1. The minimum Gasteiger partial charge on any atom is -0.481 e. The molecular weight excluding hydrogens is 270 g/mol. The van der Waals surface area contributed by atoms with Crippen molar-refractivity contribution in [1.82, 2.24) is 15.1 Å². The van der Waals surface area contributed by atoms with Crippen LogP contribution in [0.5, 0.6) is 0 Å². The van der Waals surface area contributed by atoms with Crippen LogP contribution >= 0.6 is 0 Å². The number of aliphatic carboxylic acids is 1. The number of carbonyl (C=O) groups excluding carboxylic acids is 1. The van der Waals surface area contributed by atoms with Crippen molar-refractivity contribution < 1.29 is 14.7 Å². The number of hydrogen-bond donors (Lipinski definition) is 2. The Morgan fingerprint density at radius 3 is 2.62 bits per heavy atom. The molecule has 0 aliphatic rings. The predicted molar refractivity (Wildman–Crippen MR) is 80.4 cm³/mol. The zero-order valence-electron chi connectivity index (χ0n) is 13.0. The van der Waals surface area contributed by atoms with Crippen molar-refractivity contribution >= 4 is 18.0 Å². The maximum absolute atomic E-state index is 11.7. The van der Waals surface area contributed by atoms with Crippen molar-refractivity contribution in [3.8, 4) is 0 Å². The van der Waals surface area contributed by atoms with Gasteiger partial charge in [-0.15, -0.1) is 0 Å². The molecule has 1 rings (SSSR count). The van der Waals surface area contributed by atoms with E-state index in [0.29, 0.717) is 6.42 Å². The number of carbonyl (C=O) groups is 2. The SMILES string of the molecule is Cn1nccc1/C=C/C(=O)NCC(CC(C)(C)C)C(=O)O. The number of nitrogens with one attached hydrogen (secondary N) is 1. The van der Waals surface area contributed by atoms with Crippen LogP contribution in [0.4, 0.5) is 0 Å². The Bertz CT molecular complexity index is 527. The van der Waals surface area contributed by atoms with Crippen LogP contribution in [0.25, 0.3) is 6.08 Å². The van der Waals surface area contributed by atoms with Gasteiger partial charge in [-0.2, -0.15) is 5.10 Å². The van der Waals surface area contributed by atoms with Crippen LogP contribution < -0.4 is 5.32 Å². The smallest absolute Gasteiger partial charge is 0.308 e. The summed E-state index contributed by atoms with van der Waals surface area (Å²) in [5.74, 6) is -1.78. The summed E-state index contributed by atoms with van der Waals surface area (Å²) < 4.78 is 1.64. The summed E-state index contributed by atoms with van der Waals surface area (Å²) in [6.07, 6.45) is 5.17. The quantitative estimate of drug-likeness (QED) is 0.782. The van der Waals surface area contributed by atoms with Gasteiger partial charge < -0.3 is 10.4 Å². The molecule has 0 fully saturated rings. The highest BCUT2D eigenvalue weighted by atomic mass is 16.4. The summed E-state index contributed by atoms with van der Waals surface area (Å²) in [6.45, 7) is 6.06. The van der Waals surface area contributed by atoms with Gasteiger partial charge >= 0.3 is 5.97 Å². The second-order valence-corrected chi connectivity index (χ2v) is 6.26. The molecule has 1 atom stereocenters. The molecule has 0 aromatic carbocycles. The lowest BCUT2D eigenvalue weighted by atomic mass is 9.84. The van der Waals surface area contributed by atoms with E-state index in [1.165, 1.54) is 6.08 Å². The topological polar surface area (TPSA) is 84.2 Å². The molecule has 21 heavy (non-hydrogen) atoms. The Morgan fingerprint density at radius 1 is 1.48 bits per heavy atom. The molecular formula is C15H23N3O3. The third kappa shape index (κ3) is 6.25. The Labute approximate surface area is 124 Å². The van der Waals surface area contributed by atoms with E-state index >= 15 is 0 Å². The second kappa shape index (κ2) is 7.06. The molecule has 0 aliphatic heterocycles. The van der Waals surface area contributed by atoms with Gasteiger partial charge in [-0.1, -0.05) is 20.8 Å². The van der Waals surface area contributed by atoms with Gasteiger partial charge in [0.25, 0.3) is 0 Å². The number of amides is 1. The molecule has 6 heteroatoms. The van der Waals surface area contributed by atoms with Crippen LogP contribution in [0.1, 0.15) is 32.9 Å². The summed E-state index contributed by atoms with van der Waals surface area (Å²) in [4.78, 5) is 22.9. The maximum Gasteiger partial charge on any atom is 0.308 e.